The number of hydrogen-bond donors (Lipinski definition) is 2. The Labute approximate surface area is 175 Å². The first-order valence-corrected chi connectivity index (χ1v) is 10.0. The fourth-order valence-corrected chi connectivity index (χ4v) is 3.61. The number of nitrogens with one attached hydrogen (secondary N) is 2. The fraction of sp³-hybridized carbons (Fsp3) is 0.364. The van der Waals surface area contributed by atoms with Gasteiger partial charge in [-0.05, 0) is 31.4 Å². The molecule has 0 unspecified atom stereocenters. The van der Waals surface area contributed by atoms with Crippen molar-refractivity contribution in [3.8, 4) is 0 Å². The van der Waals surface area contributed by atoms with Gasteiger partial charge in [-0.15, -0.1) is 0 Å². The minimum atomic E-state index is -0.561. The zero-order chi connectivity index (χ0) is 21.5. The summed E-state index contributed by atoms with van der Waals surface area (Å²) >= 11 is 0. The Morgan fingerprint density at radius 1 is 1.13 bits per heavy atom. The van der Waals surface area contributed by atoms with E-state index in [2.05, 4.69) is 46.7 Å². The maximum atomic E-state index is 12.2. The van der Waals surface area contributed by atoms with Gasteiger partial charge in [0.25, 0.3) is 11.6 Å². The van der Waals surface area contributed by atoms with Gasteiger partial charge in [0, 0.05) is 43.4 Å². The van der Waals surface area contributed by atoms with Gasteiger partial charge in [-0.2, -0.15) is 0 Å². The van der Waals surface area contributed by atoms with Crippen molar-refractivity contribution in [2.45, 2.75) is 32.4 Å². The number of hydrogen-bond acceptors (Lipinski definition) is 5. The first kappa shape index (κ1) is 21.4. The van der Waals surface area contributed by atoms with Gasteiger partial charge in [-0.1, -0.05) is 35.9 Å². The van der Waals surface area contributed by atoms with E-state index >= 15 is 0 Å². The number of rotatable bonds is 7. The molecule has 2 N–H and O–H groups in total. The summed E-state index contributed by atoms with van der Waals surface area (Å²) in [6.07, 6.45) is 1.72. The Kier molecular flexibility index (Phi) is 7.13. The van der Waals surface area contributed by atoms with Gasteiger partial charge >= 0.3 is 0 Å². The molecule has 1 heterocycles. The van der Waals surface area contributed by atoms with Crippen molar-refractivity contribution in [2.75, 3.05) is 19.6 Å². The summed E-state index contributed by atoms with van der Waals surface area (Å²) in [5, 5.41) is 16.3. The molecule has 8 heteroatoms. The van der Waals surface area contributed by atoms with Crippen LogP contribution in [-0.4, -0.2) is 47.3 Å². The first-order valence-electron chi connectivity index (χ1n) is 10.0. The third kappa shape index (κ3) is 6.12. The quantitative estimate of drug-likeness (QED) is 0.539. The van der Waals surface area contributed by atoms with Crippen molar-refractivity contribution in [3.63, 3.8) is 0 Å². The molecular weight excluding hydrogens is 384 g/mol. The lowest BCUT2D eigenvalue weighted by Crippen LogP contribution is -2.47. The van der Waals surface area contributed by atoms with E-state index in [4.69, 9.17) is 0 Å². The average Bonchev–Trinajstić information content (AvgIpc) is 2.73. The van der Waals surface area contributed by atoms with Crippen molar-refractivity contribution in [2.24, 2.45) is 0 Å². The summed E-state index contributed by atoms with van der Waals surface area (Å²) in [6.45, 7) is 4.63. The Hall–Kier alpha value is -3.26. The van der Waals surface area contributed by atoms with Crippen molar-refractivity contribution in [1.29, 1.82) is 0 Å². The van der Waals surface area contributed by atoms with Crippen LogP contribution >= 0.6 is 0 Å². The van der Waals surface area contributed by atoms with Crippen LogP contribution in [0.3, 0.4) is 0 Å². The number of carbonyl (C=O) groups excluding carboxylic acids is 2. The number of non-ortho nitro benzene ring substituents is 1. The van der Waals surface area contributed by atoms with E-state index in [0.717, 1.165) is 32.5 Å². The third-order valence-electron chi connectivity index (χ3n) is 5.17. The molecule has 1 aliphatic rings. The van der Waals surface area contributed by atoms with Crippen LogP contribution in [0.2, 0.25) is 0 Å². The van der Waals surface area contributed by atoms with Gasteiger partial charge in [0.1, 0.15) is 0 Å². The zero-order valence-corrected chi connectivity index (χ0v) is 17.0. The van der Waals surface area contributed by atoms with Crippen LogP contribution < -0.4 is 10.6 Å². The van der Waals surface area contributed by atoms with E-state index < -0.39 is 10.8 Å². The summed E-state index contributed by atoms with van der Waals surface area (Å²) in [5.74, 6) is -0.771. The van der Waals surface area contributed by atoms with E-state index in [9.17, 15) is 19.7 Å². The normalized spacial score (nSPS) is 14.8. The monoisotopic (exact) mass is 410 g/mol. The molecule has 1 fully saturated rings. The van der Waals surface area contributed by atoms with Crippen LogP contribution in [0.4, 0.5) is 5.69 Å². The van der Waals surface area contributed by atoms with Crippen molar-refractivity contribution < 1.29 is 14.5 Å². The average molecular weight is 410 g/mol. The molecule has 0 atom stereocenters. The van der Waals surface area contributed by atoms with E-state index in [-0.39, 0.29) is 29.7 Å². The van der Waals surface area contributed by atoms with E-state index in [1.165, 1.54) is 35.4 Å². The number of likely N-dealkylation sites (tertiary alicyclic amines) is 1. The molecule has 3 rings (SSSR count). The summed E-state index contributed by atoms with van der Waals surface area (Å²) in [4.78, 5) is 36.9. The smallest absolute Gasteiger partial charge is 0.270 e. The number of benzene rings is 2. The third-order valence-corrected chi connectivity index (χ3v) is 5.17. The molecule has 2 amide bonds. The molecule has 1 aliphatic heterocycles. The van der Waals surface area contributed by atoms with E-state index in [0.29, 0.717) is 0 Å². The minimum absolute atomic E-state index is 0.0842. The number of carbonyl (C=O) groups is 2. The number of nitrogens with zero attached hydrogens (tertiary/aromatic N) is 2. The van der Waals surface area contributed by atoms with Crippen LogP contribution in [0.15, 0.2) is 48.5 Å². The van der Waals surface area contributed by atoms with E-state index in [1.54, 1.807) is 0 Å². The SMILES string of the molecule is Cc1cccc(CN2CCC(NC(=O)CNC(=O)c3cccc([N+](=O)[O-])c3)CC2)c1. The second-order valence-corrected chi connectivity index (χ2v) is 7.60. The first-order chi connectivity index (χ1) is 14.4. The highest BCUT2D eigenvalue weighted by atomic mass is 16.6. The predicted molar refractivity (Wildman–Crippen MR) is 113 cm³/mol. The maximum absolute atomic E-state index is 12.2. The number of nitro groups is 1. The van der Waals surface area contributed by atoms with Crippen LogP contribution in [-0.2, 0) is 11.3 Å². The maximum Gasteiger partial charge on any atom is 0.270 e. The zero-order valence-electron chi connectivity index (χ0n) is 17.0. The second kappa shape index (κ2) is 9.98. The second-order valence-electron chi connectivity index (χ2n) is 7.60. The van der Waals surface area contributed by atoms with Crippen LogP contribution in [0.25, 0.3) is 0 Å². The summed E-state index contributed by atoms with van der Waals surface area (Å²) in [7, 11) is 0. The van der Waals surface area contributed by atoms with E-state index in [1.807, 2.05) is 0 Å². The lowest BCUT2D eigenvalue weighted by molar-refractivity contribution is -0.384. The highest BCUT2D eigenvalue weighted by Gasteiger charge is 2.21. The fourth-order valence-electron chi connectivity index (χ4n) is 3.61. The molecule has 1 saturated heterocycles. The van der Waals surface area contributed by atoms with Gasteiger partial charge in [0.2, 0.25) is 5.91 Å². The molecule has 30 heavy (non-hydrogen) atoms. The number of amides is 2. The summed E-state index contributed by atoms with van der Waals surface area (Å²) in [5.41, 5.74) is 2.54. The molecule has 0 spiro atoms. The van der Waals surface area contributed by atoms with Gasteiger partial charge < -0.3 is 10.6 Å². The van der Waals surface area contributed by atoms with Crippen molar-refractivity contribution >= 4 is 17.5 Å². The highest BCUT2D eigenvalue weighted by Crippen LogP contribution is 2.15. The molecule has 0 radical (unpaired) electrons. The largest absolute Gasteiger partial charge is 0.352 e. The predicted octanol–water partition coefficient (Wildman–Crippen LogP) is 2.41. The Morgan fingerprint density at radius 2 is 1.87 bits per heavy atom. The van der Waals surface area contributed by atoms with Gasteiger partial charge in [0.05, 0.1) is 11.5 Å². The molecule has 0 aromatic heterocycles. The van der Waals surface area contributed by atoms with Gasteiger partial charge in [0.15, 0.2) is 0 Å². The standard InChI is InChI=1S/C22H26N4O4/c1-16-4-2-5-17(12-16)15-25-10-8-19(9-11-25)24-21(27)14-23-22(28)18-6-3-7-20(13-18)26(29)30/h2-7,12-13,19H,8-11,14-15H2,1H3,(H,23,28)(H,24,27). The van der Waals surface area contributed by atoms with Crippen molar-refractivity contribution in [1.82, 2.24) is 15.5 Å². The molecule has 8 nitrogen and oxygen atoms in total. The molecule has 2 aromatic rings. The molecule has 0 bridgehead atoms. The number of nitro benzene ring substituents is 1. The lowest BCUT2D eigenvalue weighted by atomic mass is 10.0. The molecule has 0 saturated carbocycles. The Balaban J connectivity index is 1.40. The van der Waals surface area contributed by atoms with Gasteiger partial charge in [-0.3, -0.25) is 24.6 Å². The topological polar surface area (TPSA) is 105 Å². The van der Waals surface area contributed by atoms with Gasteiger partial charge in [-0.25, -0.2) is 0 Å². The van der Waals surface area contributed by atoms with Crippen LogP contribution in [0.5, 0.6) is 0 Å². The highest BCUT2D eigenvalue weighted by molar-refractivity contribution is 5.96. The Morgan fingerprint density at radius 3 is 2.57 bits per heavy atom. The van der Waals surface area contributed by atoms with Crippen molar-refractivity contribution in [3.05, 3.63) is 75.3 Å². The summed E-state index contributed by atoms with van der Waals surface area (Å²) in [6, 6.07) is 14.0. The molecule has 0 aliphatic carbocycles. The number of piperidine rings is 1. The number of aryl methyl sites for hydroxylation is 1. The van der Waals surface area contributed by atoms with Crippen LogP contribution in [0.1, 0.15) is 34.3 Å². The minimum Gasteiger partial charge on any atom is -0.352 e. The Bertz CT molecular complexity index is 923. The molecule has 2 aromatic carbocycles. The molecule has 158 valence electrons. The lowest BCUT2D eigenvalue weighted by Gasteiger charge is -2.32. The molecular formula is C22H26N4O4. The van der Waals surface area contributed by atoms with Crippen LogP contribution in [0, 0.1) is 17.0 Å². The summed E-state index contributed by atoms with van der Waals surface area (Å²) < 4.78 is 0.